The molecule has 4 rings (SSSR count). The first-order valence-corrected chi connectivity index (χ1v) is 11.0. The number of rotatable bonds is 4. The summed E-state index contributed by atoms with van der Waals surface area (Å²) in [5.41, 5.74) is 2.02. The molecule has 0 bridgehead atoms. The molecule has 0 radical (unpaired) electrons. The number of urea groups is 1. The van der Waals surface area contributed by atoms with E-state index < -0.39 is 18.0 Å². The number of benzene rings is 2. The first-order valence-electron chi connectivity index (χ1n) is 11.0. The maximum Gasteiger partial charge on any atom is 0.417 e. The Morgan fingerprint density at radius 1 is 1.03 bits per heavy atom. The molecule has 0 saturated carbocycles. The highest BCUT2D eigenvalue weighted by Crippen LogP contribution is 2.27. The number of hydrogen-bond acceptors (Lipinski definition) is 5. The van der Waals surface area contributed by atoms with Gasteiger partial charge in [0.25, 0.3) is 5.91 Å². The van der Waals surface area contributed by atoms with Gasteiger partial charge in [-0.3, -0.25) is 10.1 Å². The summed E-state index contributed by atoms with van der Waals surface area (Å²) in [6, 6.07) is 16.9. The first kappa shape index (κ1) is 23.0. The molecule has 1 aromatic heterocycles. The van der Waals surface area contributed by atoms with E-state index in [4.69, 9.17) is 9.84 Å². The molecule has 2 aromatic carbocycles. The second-order valence-corrected chi connectivity index (χ2v) is 9.17. The molecule has 3 aromatic rings. The van der Waals surface area contributed by atoms with Crippen molar-refractivity contribution >= 4 is 29.5 Å². The van der Waals surface area contributed by atoms with Gasteiger partial charge in [0.1, 0.15) is 12.4 Å². The molecule has 2 N–H and O–H groups in total. The van der Waals surface area contributed by atoms with Crippen molar-refractivity contribution in [3.8, 4) is 5.69 Å². The molecule has 1 atom stereocenters. The van der Waals surface area contributed by atoms with Gasteiger partial charge in [-0.25, -0.2) is 19.2 Å². The van der Waals surface area contributed by atoms with Gasteiger partial charge < -0.3 is 10.1 Å². The number of carbonyl (C=O) groups is 3. The van der Waals surface area contributed by atoms with Crippen LogP contribution in [0.15, 0.2) is 60.7 Å². The van der Waals surface area contributed by atoms with Gasteiger partial charge in [0.2, 0.25) is 0 Å². The van der Waals surface area contributed by atoms with Crippen LogP contribution in [-0.4, -0.2) is 45.4 Å². The summed E-state index contributed by atoms with van der Waals surface area (Å²) in [5, 5.41) is 10.3. The van der Waals surface area contributed by atoms with Crippen molar-refractivity contribution in [2.45, 2.75) is 39.2 Å². The van der Waals surface area contributed by atoms with Gasteiger partial charge in [-0.05, 0) is 37.3 Å². The fourth-order valence-corrected chi connectivity index (χ4v) is 3.54. The number of hydrogen-bond donors (Lipinski definition) is 2. The zero-order valence-corrected chi connectivity index (χ0v) is 19.5. The number of nitrogens with zero attached hydrogens (tertiary/aromatic N) is 3. The van der Waals surface area contributed by atoms with Crippen LogP contribution in [-0.2, 0) is 10.2 Å². The van der Waals surface area contributed by atoms with Crippen LogP contribution in [0.4, 0.5) is 21.1 Å². The lowest BCUT2D eigenvalue weighted by Gasteiger charge is -2.17. The van der Waals surface area contributed by atoms with Crippen LogP contribution in [0.2, 0.25) is 0 Å². The van der Waals surface area contributed by atoms with E-state index in [1.165, 1.54) is 0 Å². The SMILES string of the molecule is C[C@H]1COC(=O)N1C(=O)c1cccc(-n2nc(C(C)(C)C)cc2NC(=O)Nc2ccccc2)c1. The minimum atomic E-state index is -0.656. The van der Waals surface area contributed by atoms with Gasteiger partial charge in [-0.15, -0.1) is 0 Å². The third-order valence-corrected chi connectivity index (χ3v) is 5.39. The van der Waals surface area contributed by atoms with E-state index >= 15 is 0 Å². The molecular weight excluding hydrogens is 434 g/mol. The Kier molecular flexibility index (Phi) is 6.10. The maximum atomic E-state index is 13.0. The van der Waals surface area contributed by atoms with Crippen molar-refractivity contribution in [1.82, 2.24) is 14.7 Å². The molecule has 1 saturated heterocycles. The average Bonchev–Trinajstić information content (AvgIpc) is 3.37. The molecule has 34 heavy (non-hydrogen) atoms. The van der Waals surface area contributed by atoms with Gasteiger partial charge in [0, 0.05) is 22.7 Å². The number of cyclic esters (lactones) is 1. The maximum absolute atomic E-state index is 13.0. The summed E-state index contributed by atoms with van der Waals surface area (Å²) in [6.07, 6.45) is -0.656. The number of para-hydroxylation sites is 1. The zero-order valence-electron chi connectivity index (χ0n) is 19.5. The van der Waals surface area contributed by atoms with Crippen molar-refractivity contribution in [1.29, 1.82) is 0 Å². The molecule has 176 valence electrons. The quantitative estimate of drug-likeness (QED) is 0.581. The number of aromatic nitrogens is 2. The van der Waals surface area contributed by atoms with E-state index in [0.29, 0.717) is 22.8 Å². The predicted molar refractivity (Wildman–Crippen MR) is 128 cm³/mol. The van der Waals surface area contributed by atoms with Crippen LogP contribution in [0.1, 0.15) is 43.7 Å². The fourth-order valence-electron chi connectivity index (χ4n) is 3.54. The van der Waals surface area contributed by atoms with Gasteiger partial charge in [-0.1, -0.05) is 45.0 Å². The monoisotopic (exact) mass is 461 g/mol. The minimum absolute atomic E-state index is 0.170. The largest absolute Gasteiger partial charge is 0.447 e. The Labute approximate surface area is 197 Å². The fraction of sp³-hybridized carbons (Fsp3) is 0.280. The molecule has 1 aliphatic heterocycles. The molecule has 0 unspecified atom stereocenters. The Morgan fingerprint density at radius 2 is 1.76 bits per heavy atom. The van der Waals surface area contributed by atoms with E-state index in [0.717, 1.165) is 10.6 Å². The number of nitrogens with one attached hydrogen (secondary N) is 2. The Hall–Kier alpha value is -4.14. The van der Waals surface area contributed by atoms with Crippen molar-refractivity contribution in [2.75, 3.05) is 17.2 Å². The van der Waals surface area contributed by atoms with Crippen molar-refractivity contribution < 1.29 is 19.1 Å². The van der Waals surface area contributed by atoms with Crippen molar-refractivity contribution in [3.63, 3.8) is 0 Å². The second-order valence-electron chi connectivity index (χ2n) is 9.17. The Morgan fingerprint density at radius 3 is 2.41 bits per heavy atom. The van der Waals surface area contributed by atoms with E-state index in [1.807, 2.05) is 39.0 Å². The van der Waals surface area contributed by atoms with Crippen LogP contribution in [0.25, 0.3) is 5.69 Å². The van der Waals surface area contributed by atoms with E-state index in [1.54, 1.807) is 54.1 Å². The Bertz CT molecular complexity index is 1230. The lowest BCUT2D eigenvalue weighted by atomic mass is 9.92. The smallest absolute Gasteiger partial charge is 0.417 e. The van der Waals surface area contributed by atoms with Crippen LogP contribution < -0.4 is 10.6 Å². The number of imide groups is 1. The van der Waals surface area contributed by atoms with Gasteiger partial charge in [0.05, 0.1) is 17.4 Å². The standard InChI is InChI=1S/C25H27N5O4/c1-16-15-34-24(33)29(16)22(31)17-9-8-12-19(13-17)30-21(14-20(28-30)25(2,3)4)27-23(32)26-18-10-6-5-7-11-18/h5-14,16H,15H2,1-4H3,(H2,26,27,32)/t16-/m0/s1. The van der Waals surface area contributed by atoms with Crippen LogP contribution in [0.3, 0.4) is 0 Å². The predicted octanol–water partition coefficient (Wildman–Crippen LogP) is 4.79. The Balaban J connectivity index is 1.66. The molecule has 2 heterocycles. The van der Waals surface area contributed by atoms with E-state index in [2.05, 4.69) is 10.6 Å². The van der Waals surface area contributed by atoms with Gasteiger partial charge in [0.15, 0.2) is 0 Å². The summed E-state index contributed by atoms with van der Waals surface area (Å²) < 4.78 is 6.56. The van der Waals surface area contributed by atoms with Crippen LogP contribution >= 0.6 is 0 Å². The van der Waals surface area contributed by atoms with Crippen molar-refractivity contribution in [2.24, 2.45) is 0 Å². The molecule has 4 amide bonds. The third-order valence-electron chi connectivity index (χ3n) is 5.39. The lowest BCUT2D eigenvalue weighted by Crippen LogP contribution is -2.37. The highest BCUT2D eigenvalue weighted by Gasteiger charge is 2.35. The molecule has 9 nitrogen and oxygen atoms in total. The summed E-state index contributed by atoms with van der Waals surface area (Å²) in [7, 11) is 0. The van der Waals surface area contributed by atoms with E-state index in [9.17, 15) is 14.4 Å². The topological polar surface area (TPSA) is 106 Å². The summed E-state index contributed by atoms with van der Waals surface area (Å²) in [4.78, 5) is 38.8. The number of ether oxygens (including phenoxy) is 1. The third kappa shape index (κ3) is 4.78. The average molecular weight is 462 g/mol. The highest BCUT2D eigenvalue weighted by atomic mass is 16.6. The molecule has 1 aliphatic rings. The lowest BCUT2D eigenvalue weighted by molar-refractivity contribution is 0.0781. The number of carbonyl (C=O) groups excluding carboxylic acids is 3. The first-order chi connectivity index (χ1) is 16.1. The number of anilines is 2. The summed E-state index contributed by atoms with van der Waals surface area (Å²) in [6.45, 7) is 7.99. The zero-order chi connectivity index (χ0) is 24.5. The molecule has 0 spiro atoms. The molecule has 0 aliphatic carbocycles. The van der Waals surface area contributed by atoms with Crippen molar-refractivity contribution in [3.05, 3.63) is 71.9 Å². The summed E-state index contributed by atoms with van der Waals surface area (Å²) >= 11 is 0. The van der Waals surface area contributed by atoms with Crippen LogP contribution in [0.5, 0.6) is 0 Å². The highest BCUT2D eigenvalue weighted by molar-refractivity contribution is 6.04. The molecule has 1 fully saturated rings. The molecular formula is C25H27N5O4. The second kappa shape index (κ2) is 9.01. The molecule has 9 heteroatoms. The number of amides is 4. The summed E-state index contributed by atoms with van der Waals surface area (Å²) in [5.74, 6) is -0.00622. The van der Waals surface area contributed by atoms with E-state index in [-0.39, 0.29) is 18.1 Å². The van der Waals surface area contributed by atoms with Crippen LogP contribution in [0, 0.1) is 0 Å². The minimum Gasteiger partial charge on any atom is -0.447 e. The van der Waals surface area contributed by atoms with Gasteiger partial charge >= 0.3 is 12.1 Å². The normalized spacial score (nSPS) is 15.7. The van der Waals surface area contributed by atoms with Gasteiger partial charge in [-0.2, -0.15) is 5.10 Å².